The van der Waals surface area contributed by atoms with Crippen molar-refractivity contribution in [3.8, 4) is 0 Å². The van der Waals surface area contributed by atoms with Crippen LogP contribution in [0.3, 0.4) is 0 Å². The highest BCUT2D eigenvalue weighted by Crippen LogP contribution is 2.47. The Kier molecular flexibility index (Phi) is 4.95. The topological polar surface area (TPSA) is 29.5 Å². The van der Waals surface area contributed by atoms with Gasteiger partial charge in [-0.25, -0.2) is 4.79 Å². The third kappa shape index (κ3) is 3.49. The average molecular weight is 339 g/mol. The summed E-state index contributed by atoms with van der Waals surface area (Å²) in [7, 11) is 2.11. The average Bonchev–Trinajstić information content (AvgIpc) is 2.58. The van der Waals surface area contributed by atoms with Gasteiger partial charge in [0.25, 0.3) is 0 Å². The Morgan fingerprint density at radius 2 is 1.92 bits per heavy atom. The highest BCUT2D eigenvalue weighted by atomic mass is 32.2. The maximum absolute atomic E-state index is 11.4. The highest BCUT2D eigenvalue weighted by Gasteiger charge is 2.20. The third-order valence-electron chi connectivity index (χ3n) is 4.02. The van der Waals surface area contributed by atoms with Gasteiger partial charge in [-0.15, -0.1) is 0 Å². The predicted molar refractivity (Wildman–Crippen MR) is 99.2 cm³/mol. The van der Waals surface area contributed by atoms with Gasteiger partial charge in [0.15, 0.2) is 0 Å². The van der Waals surface area contributed by atoms with Crippen LogP contribution in [0.5, 0.6) is 0 Å². The van der Waals surface area contributed by atoms with Crippen LogP contribution in [0.1, 0.15) is 18.9 Å². The number of fused-ring (bicyclic) bond motifs is 2. The molecule has 1 heterocycles. The second-order valence-electron chi connectivity index (χ2n) is 5.95. The van der Waals surface area contributed by atoms with Crippen molar-refractivity contribution in [2.24, 2.45) is 0 Å². The van der Waals surface area contributed by atoms with Crippen molar-refractivity contribution in [2.75, 3.05) is 18.6 Å². The number of aryl methyl sites for hydroxylation is 1. The summed E-state index contributed by atoms with van der Waals surface area (Å²) >= 11 is 1.81. The number of hydrogen-bond acceptors (Lipinski definition) is 4. The van der Waals surface area contributed by atoms with Crippen LogP contribution in [0.4, 0.5) is 11.4 Å². The van der Waals surface area contributed by atoms with Crippen molar-refractivity contribution in [3.05, 3.63) is 60.2 Å². The number of hydrogen-bond donors (Lipinski definition) is 0. The molecule has 0 amide bonds. The first-order valence-corrected chi connectivity index (χ1v) is 8.84. The van der Waals surface area contributed by atoms with E-state index in [9.17, 15) is 4.79 Å². The Morgan fingerprint density at radius 3 is 2.71 bits per heavy atom. The lowest BCUT2D eigenvalue weighted by molar-refractivity contribution is -0.139. The molecule has 0 spiro atoms. The Balaban J connectivity index is 1.65. The highest BCUT2D eigenvalue weighted by molar-refractivity contribution is 7.99. The zero-order valence-corrected chi connectivity index (χ0v) is 14.9. The van der Waals surface area contributed by atoms with Gasteiger partial charge < -0.3 is 9.64 Å². The molecule has 124 valence electrons. The van der Waals surface area contributed by atoms with Gasteiger partial charge in [0.1, 0.15) is 0 Å². The van der Waals surface area contributed by atoms with Crippen LogP contribution >= 0.6 is 11.8 Å². The van der Waals surface area contributed by atoms with Crippen LogP contribution in [0.15, 0.2) is 64.4 Å². The monoisotopic (exact) mass is 339 g/mol. The fourth-order valence-corrected chi connectivity index (χ4v) is 3.92. The van der Waals surface area contributed by atoms with E-state index in [0.717, 1.165) is 12.8 Å². The van der Waals surface area contributed by atoms with Crippen LogP contribution in [-0.2, 0) is 16.0 Å². The summed E-state index contributed by atoms with van der Waals surface area (Å²) in [6.45, 7) is 5.68. The van der Waals surface area contributed by atoms with Crippen LogP contribution in [0.25, 0.3) is 0 Å². The standard InChI is InChI=1S/C20H21NO2S/c1-14(2)20(22)23-12-6-7-15-10-11-17-19(13-15)24-18-9-5-4-8-16(18)21(17)3/h4-5,8-11,13H,1,6-7,12H2,2-3H3. The second kappa shape index (κ2) is 7.14. The number of esters is 1. The number of benzene rings is 2. The van der Waals surface area contributed by atoms with E-state index in [1.54, 1.807) is 6.92 Å². The van der Waals surface area contributed by atoms with Crippen molar-refractivity contribution in [1.82, 2.24) is 0 Å². The lowest BCUT2D eigenvalue weighted by Gasteiger charge is -2.29. The molecule has 0 fully saturated rings. The molecule has 2 aromatic carbocycles. The molecule has 2 aromatic rings. The summed E-state index contributed by atoms with van der Waals surface area (Å²) in [4.78, 5) is 16.2. The SMILES string of the molecule is C=C(C)C(=O)OCCCc1ccc2c(c1)Sc1ccccc1N2C. The van der Waals surface area contributed by atoms with Crippen LogP contribution in [0.2, 0.25) is 0 Å². The molecule has 0 bridgehead atoms. The van der Waals surface area contributed by atoms with Crippen molar-refractivity contribution in [1.29, 1.82) is 0 Å². The Morgan fingerprint density at radius 1 is 1.17 bits per heavy atom. The van der Waals surface area contributed by atoms with E-state index in [2.05, 4.69) is 61.0 Å². The number of anilines is 2. The van der Waals surface area contributed by atoms with E-state index in [1.807, 2.05) is 11.8 Å². The molecule has 0 atom stereocenters. The fraction of sp³-hybridized carbons (Fsp3) is 0.250. The normalized spacial score (nSPS) is 12.3. The van der Waals surface area contributed by atoms with E-state index >= 15 is 0 Å². The summed E-state index contributed by atoms with van der Waals surface area (Å²) < 4.78 is 5.15. The zero-order valence-electron chi connectivity index (χ0n) is 14.0. The van der Waals surface area contributed by atoms with Gasteiger partial charge in [-0.2, -0.15) is 0 Å². The maximum atomic E-state index is 11.4. The van der Waals surface area contributed by atoms with Gasteiger partial charge in [0, 0.05) is 22.4 Å². The summed E-state index contributed by atoms with van der Waals surface area (Å²) in [6.07, 6.45) is 1.71. The molecule has 4 heteroatoms. The first kappa shape index (κ1) is 16.7. The molecule has 0 saturated heterocycles. The maximum Gasteiger partial charge on any atom is 0.333 e. The molecule has 0 saturated carbocycles. The number of carbonyl (C=O) groups is 1. The minimum absolute atomic E-state index is 0.311. The van der Waals surface area contributed by atoms with Crippen molar-refractivity contribution >= 4 is 29.1 Å². The Labute approximate surface area is 147 Å². The molecular weight excluding hydrogens is 318 g/mol. The molecule has 0 radical (unpaired) electrons. The molecule has 3 rings (SSSR count). The Hall–Kier alpha value is -2.20. The van der Waals surface area contributed by atoms with E-state index in [1.165, 1.54) is 26.7 Å². The smallest absolute Gasteiger partial charge is 0.333 e. The number of para-hydroxylation sites is 1. The minimum atomic E-state index is -0.311. The van der Waals surface area contributed by atoms with E-state index in [4.69, 9.17) is 4.74 Å². The summed E-state index contributed by atoms with van der Waals surface area (Å²) in [5.74, 6) is -0.311. The molecule has 0 N–H and O–H groups in total. The zero-order chi connectivity index (χ0) is 17.1. The summed E-state index contributed by atoms with van der Waals surface area (Å²) in [6, 6.07) is 15.0. The molecule has 24 heavy (non-hydrogen) atoms. The lowest BCUT2D eigenvalue weighted by atomic mass is 10.1. The first-order chi connectivity index (χ1) is 11.6. The van der Waals surface area contributed by atoms with Crippen molar-refractivity contribution in [3.63, 3.8) is 0 Å². The van der Waals surface area contributed by atoms with Crippen LogP contribution in [0, 0.1) is 0 Å². The third-order valence-corrected chi connectivity index (χ3v) is 5.14. The van der Waals surface area contributed by atoms with Gasteiger partial charge in [0.05, 0.1) is 18.0 Å². The summed E-state index contributed by atoms with van der Waals surface area (Å²) in [5, 5.41) is 0. The second-order valence-corrected chi connectivity index (χ2v) is 7.03. The molecule has 3 nitrogen and oxygen atoms in total. The minimum Gasteiger partial charge on any atom is -0.462 e. The van der Waals surface area contributed by atoms with E-state index in [0.29, 0.717) is 12.2 Å². The van der Waals surface area contributed by atoms with Gasteiger partial charge >= 0.3 is 5.97 Å². The van der Waals surface area contributed by atoms with Gasteiger partial charge in [-0.3, -0.25) is 0 Å². The molecule has 0 aliphatic carbocycles. The van der Waals surface area contributed by atoms with Gasteiger partial charge in [0.2, 0.25) is 0 Å². The summed E-state index contributed by atoms with van der Waals surface area (Å²) in [5.41, 5.74) is 4.19. The predicted octanol–water partition coefficient (Wildman–Crippen LogP) is 4.97. The van der Waals surface area contributed by atoms with Crippen LogP contribution < -0.4 is 4.90 Å². The van der Waals surface area contributed by atoms with Crippen LogP contribution in [-0.4, -0.2) is 19.6 Å². The number of nitrogens with zero attached hydrogens (tertiary/aromatic N) is 1. The van der Waals surface area contributed by atoms with Gasteiger partial charge in [-0.1, -0.05) is 36.5 Å². The number of ether oxygens (including phenoxy) is 1. The molecular formula is C20H21NO2S. The van der Waals surface area contributed by atoms with Crippen molar-refractivity contribution in [2.45, 2.75) is 29.6 Å². The van der Waals surface area contributed by atoms with E-state index in [-0.39, 0.29) is 5.97 Å². The first-order valence-electron chi connectivity index (χ1n) is 8.02. The number of rotatable bonds is 5. The molecule has 0 aromatic heterocycles. The lowest BCUT2D eigenvalue weighted by Crippen LogP contribution is -2.14. The largest absolute Gasteiger partial charge is 0.462 e. The van der Waals surface area contributed by atoms with E-state index < -0.39 is 0 Å². The fourth-order valence-electron chi connectivity index (χ4n) is 2.71. The number of carbonyl (C=O) groups excluding carboxylic acids is 1. The molecule has 0 unspecified atom stereocenters. The quantitative estimate of drug-likeness (QED) is 0.437. The van der Waals surface area contributed by atoms with Gasteiger partial charge in [-0.05, 0) is 49.6 Å². The molecule has 1 aliphatic heterocycles. The van der Waals surface area contributed by atoms with Crippen molar-refractivity contribution < 1.29 is 9.53 Å². The Bertz CT molecular complexity index is 785. The molecule has 1 aliphatic rings.